The highest BCUT2D eigenvalue weighted by atomic mass is 35.5. The summed E-state index contributed by atoms with van der Waals surface area (Å²) in [5.74, 6) is 1.44. The molecule has 2 rings (SSSR count). The summed E-state index contributed by atoms with van der Waals surface area (Å²) in [6.07, 6.45) is 1.87. The van der Waals surface area contributed by atoms with Gasteiger partial charge in [0.25, 0.3) is 0 Å². The van der Waals surface area contributed by atoms with Crippen LogP contribution in [-0.2, 0) is 12.8 Å². The van der Waals surface area contributed by atoms with Crippen LogP contribution in [0.3, 0.4) is 0 Å². The lowest BCUT2D eigenvalue weighted by molar-refractivity contribution is 0.647. The molecule has 0 spiro atoms. The summed E-state index contributed by atoms with van der Waals surface area (Å²) in [6, 6.07) is 10.3. The maximum atomic E-state index is 6.05. The lowest BCUT2D eigenvalue weighted by atomic mass is 10.00. The predicted octanol–water partition coefficient (Wildman–Crippen LogP) is 4.56. The van der Waals surface area contributed by atoms with Crippen molar-refractivity contribution >= 4 is 11.6 Å². The van der Waals surface area contributed by atoms with Crippen LogP contribution in [0, 0.1) is 5.92 Å². The number of aromatic nitrogens is 2. The van der Waals surface area contributed by atoms with Crippen LogP contribution in [0.25, 0.3) is 11.3 Å². The number of hydrogen-bond acceptors (Lipinski definition) is 2. The highest BCUT2D eigenvalue weighted by Crippen LogP contribution is 2.22. The van der Waals surface area contributed by atoms with Crippen LogP contribution in [0.2, 0.25) is 5.15 Å². The van der Waals surface area contributed by atoms with E-state index in [9.17, 15) is 0 Å². The first-order chi connectivity index (χ1) is 9.08. The fraction of sp³-hybridized carbons (Fsp3) is 0.375. The van der Waals surface area contributed by atoms with Gasteiger partial charge in [-0.15, -0.1) is 0 Å². The van der Waals surface area contributed by atoms with Crippen LogP contribution in [0.5, 0.6) is 0 Å². The Morgan fingerprint density at radius 2 is 1.95 bits per heavy atom. The van der Waals surface area contributed by atoms with Gasteiger partial charge in [0.05, 0.1) is 5.69 Å². The summed E-state index contributed by atoms with van der Waals surface area (Å²) >= 11 is 6.05. The smallest absolute Gasteiger partial charge is 0.133 e. The van der Waals surface area contributed by atoms with Gasteiger partial charge in [0.2, 0.25) is 0 Å². The standard InChI is InChI=1S/C16H19ClN2/c1-4-16-18-14(10-15(17)19-16)13-7-5-6-12(9-13)8-11(2)3/h5-7,9-11H,4,8H2,1-3H3. The number of hydrogen-bond donors (Lipinski definition) is 0. The second-order valence-corrected chi connectivity index (χ2v) is 5.53. The Balaban J connectivity index is 2.38. The van der Waals surface area contributed by atoms with Crippen LogP contribution in [-0.4, -0.2) is 9.97 Å². The third-order valence-corrected chi connectivity index (χ3v) is 3.12. The molecule has 2 nitrogen and oxygen atoms in total. The van der Waals surface area contributed by atoms with Crippen molar-refractivity contribution in [2.75, 3.05) is 0 Å². The van der Waals surface area contributed by atoms with Crippen molar-refractivity contribution in [2.24, 2.45) is 5.92 Å². The van der Waals surface area contributed by atoms with Crippen LogP contribution in [0.1, 0.15) is 32.2 Å². The van der Waals surface area contributed by atoms with Crippen molar-refractivity contribution in [3.05, 3.63) is 46.9 Å². The third kappa shape index (κ3) is 3.77. The van der Waals surface area contributed by atoms with E-state index >= 15 is 0 Å². The van der Waals surface area contributed by atoms with Gasteiger partial charge in [0.15, 0.2) is 0 Å². The second-order valence-electron chi connectivity index (χ2n) is 5.14. The highest BCUT2D eigenvalue weighted by molar-refractivity contribution is 6.29. The van der Waals surface area contributed by atoms with Gasteiger partial charge in [-0.05, 0) is 24.0 Å². The molecule has 3 heteroatoms. The SMILES string of the molecule is CCc1nc(Cl)cc(-c2cccc(CC(C)C)c2)n1. The first-order valence-corrected chi connectivity index (χ1v) is 7.09. The molecule has 0 saturated heterocycles. The normalized spacial score (nSPS) is 11.0. The minimum Gasteiger partial charge on any atom is -0.233 e. The molecule has 0 amide bonds. The van der Waals surface area contributed by atoms with Crippen LogP contribution < -0.4 is 0 Å². The first-order valence-electron chi connectivity index (χ1n) is 6.71. The average molecular weight is 275 g/mol. The van der Waals surface area contributed by atoms with E-state index in [1.54, 1.807) is 0 Å². The van der Waals surface area contributed by atoms with Crippen molar-refractivity contribution in [2.45, 2.75) is 33.6 Å². The number of halogens is 1. The zero-order valence-corrected chi connectivity index (χ0v) is 12.4. The molecule has 0 aliphatic heterocycles. The maximum Gasteiger partial charge on any atom is 0.133 e. The summed E-state index contributed by atoms with van der Waals surface area (Å²) in [5, 5.41) is 0.510. The monoisotopic (exact) mass is 274 g/mol. The maximum absolute atomic E-state index is 6.05. The van der Waals surface area contributed by atoms with E-state index in [1.807, 2.05) is 13.0 Å². The summed E-state index contributed by atoms with van der Waals surface area (Å²) < 4.78 is 0. The van der Waals surface area contributed by atoms with E-state index < -0.39 is 0 Å². The Morgan fingerprint density at radius 1 is 1.16 bits per heavy atom. The van der Waals surface area contributed by atoms with Crippen molar-refractivity contribution in [1.29, 1.82) is 0 Å². The van der Waals surface area contributed by atoms with Gasteiger partial charge >= 0.3 is 0 Å². The molecule has 19 heavy (non-hydrogen) atoms. The number of aryl methyl sites for hydroxylation is 1. The molecule has 1 aromatic carbocycles. The second kappa shape index (κ2) is 6.16. The van der Waals surface area contributed by atoms with Crippen molar-refractivity contribution in [1.82, 2.24) is 9.97 Å². The quantitative estimate of drug-likeness (QED) is 0.764. The number of rotatable bonds is 4. The zero-order chi connectivity index (χ0) is 13.8. The van der Waals surface area contributed by atoms with Gasteiger partial charge in [-0.1, -0.05) is 50.6 Å². The average Bonchev–Trinajstić information content (AvgIpc) is 2.37. The van der Waals surface area contributed by atoms with Crippen molar-refractivity contribution in [3.63, 3.8) is 0 Å². The molecular formula is C16H19ClN2. The number of nitrogens with zero attached hydrogens (tertiary/aromatic N) is 2. The summed E-state index contributed by atoms with van der Waals surface area (Å²) in [4.78, 5) is 8.75. The van der Waals surface area contributed by atoms with Gasteiger partial charge in [0, 0.05) is 18.1 Å². The fourth-order valence-corrected chi connectivity index (χ4v) is 2.30. The van der Waals surface area contributed by atoms with Crippen LogP contribution in [0.15, 0.2) is 30.3 Å². The lowest BCUT2D eigenvalue weighted by Crippen LogP contribution is -1.97. The third-order valence-electron chi connectivity index (χ3n) is 2.92. The molecule has 0 atom stereocenters. The number of benzene rings is 1. The molecule has 0 radical (unpaired) electrons. The lowest BCUT2D eigenvalue weighted by Gasteiger charge is -2.08. The minimum absolute atomic E-state index is 0.510. The molecule has 0 saturated carbocycles. The molecule has 100 valence electrons. The van der Waals surface area contributed by atoms with Gasteiger partial charge in [-0.3, -0.25) is 0 Å². The zero-order valence-electron chi connectivity index (χ0n) is 11.7. The highest BCUT2D eigenvalue weighted by Gasteiger charge is 2.06. The molecule has 2 aromatic rings. The molecule has 1 heterocycles. The van der Waals surface area contributed by atoms with Crippen LogP contribution >= 0.6 is 11.6 Å². The Morgan fingerprint density at radius 3 is 2.63 bits per heavy atom. The minimum atomic E-state index is 0.510. The molecule has 1 aromatic heterocycles. The van der Waals surface area contributed by atoms with E-state index in [2.05, 4.69) is 48.1 Å². The molecule has 0 bridgehead atoms. The van der Waals surface area contributed by atoms with E-state index in [4.69, 9.17) is 11.6 Å². The van der Waals surface area contributed by atoms with Crippen molar-refractivity contribution < 1.29 is 0 Å². The Bertz CT molecular complexity index is 564. The van der Waals surface area contributed by atoms with E-state index in [1.165, 1.54) is 5.56 Å². The Labute approximate surface area is 119 Å². The topological polar surface area (TPSA) is 25.8 Å². The molecule has 0 N–H and O–H groups in total. The van der Waals surface area contributed by atoms with E-state index in [-0.39, 0.29) is 0 Å². The molecular weight excluding hydrogens is 256 g/mol. The first kappa shape index (κ1) is 14.0. The Hall–Kier alpha value is -1.41. The molecule has 0 aliphatic carbocycles. The van der Waals surface area contributed by atoms with Crippen LogP contribution in [0.4, 0.5) is 0 Å². The Kier molecular flexibility index (Phi) is 4.54. The van der Waals surface area contributed by atoms with Gasteiger partial charge in [-0.25, -0.2) is 9.97 Å². The van der Waals surface area contributed by atoms with Gasteiger partial charge in [0.1, 0.15) is 11.0 Å². The summed E-state index contributed by atoms with van der Waals surface area (Å²) in [5.41, 5.74) is 3.35. The summed E-state index contributed by atoms with van der Waals surface area (Å²) in [6.45, 7) is 6.48. The predicted molar refractivity (Wildman–Crippen MR) is 80.4 cm³/mol. The van der Waals surface area contributed by atoms with E-state index in [0.29, 0.717) is 11.1 Å². The largest absolute Gasteiger partial charge is 0.233 e. The van der Waals surface area contributed by atoms with Crippen molar-refractivity contribution in [3.8, 4) is 11.3 Å². The fourth-order valence-electron chi connectivity index (χ4n) is 2.10. The molecule has 0 unspecified atom stereocenters. The molecule has 0 aliphatic rings. The van der Waals surface area contributed by atoms with Gasteiger partial charge < -0.3 is 0 Å². The molecule has 0 fully saturated rings. The van der Waals surface area contributed by atoms with Gasteiger partial charge in [-0.2, -0.15) is 0 Å². The summed E-state index contributed by atoms with van der Waals surface area (Å²) in [7, 11) is 0. The van der Waals surface area contributed by atoms with E-state index in [0.717, 1.165) is 29.9 Å².